The van der Waals surface area contributed by atoms with Crippen molar-refractivity contribution in [3.63, 3.8) is 0 Å². The van der Waals surface area contributed by atoms with Crippen LogP contribution in [0.3, 0.4) is 0 Å². The van der Waals surface area contributed by atoms with Crippen molar-refractivity contribution >= 4 is 31.9 Å². The highest BCUT2D eigenvalue weighted by Gasteiger charge is 2.48. The van der Waals surface area contributed by atoms with Crippen LogP contribution in [0.25, 0.3) is 0 Å². The molecule has 20 heavy (non-hydrogen) atoms. The van der Waals surface area contributed by atoms with Crippen molar-refractivity contribution in [2.45, 2.75) is 17.9 Å². The van der Waals surface area contributed by atoms with E-state index in [1.54, 1.807) is 0 Å². The quantitative estimate of drug-likeness (QED) is 0.810. The number of pyridine rings is 1. The van der Waals surface area contributed by atoms with Gasteiger partial charge in [-0.15, -0.1) is 0 Å². The fourth-order valence-electron chi connectivity index (χ4n) is 1.84. The van der Waals surface area contributed by atoms with Gasteiger partial charge in [-0.05, 0) is 28.9 Å². The number of hydrogen-bond donors (Lipinski definition) is 2. The molecule has 1 aliphatic rings. The van der Waals surface area contributed by atoms with E-state index in [2.05, 4.69) is 25.6 Å². The molecule has 0 aromatic carbocycles. The van der Waals surface area contributed by atoms with E-state index < -0.39 is 27.4 Å². The highest BCUT2D eigenvalue weighted by molar-refractivity contribution is 9.10. The first kappa shape index (κ1) is 15.4. The van der Waals surface area contributed by atoms with E-state index in [0.29, 0.717) is 4.47 Å². The minimum absolute atomic E-state index is 0.0173. The van der Waals surface area contributed by atoms with Crippen molar-refractivity contribution in [1.29, 1.82) is 0 Å². The number of aliphatic carboxylic acids is 1. The lowest BCUT2D eigenvalue weighted by molar-refractivity contribution is -0.148. The van der Waals surface area contributed by atoms with Crippen LogP contribution in [0.15, 0.2) is 27.8 Å². The summed E-state index contributed by atoms with van der Waals surface area (Å²) < 4.78 is 32.5. The average molecular weight is 365 g/mol. The van der Waals surface area contributed by atoms with E-state index in [1.165, 1.54) is 25.4 Å². The van der Waals surface area contributed by atoms with Crippen LogP contribution in [0.1, 0.15) is 6.92 Å². The molecule has 0 radical (unpaired) electrons. The number of carbonyl (C=O) groups is 1. The van der Waals surface area contributed by atoms with E-state index in [-0.39, 0.29) is 18.1 Å². The van der Waals surface area contributed by atoms with Gasteiger partial charge >= 0.3 is 5.97 Å². The summed E-state index contributed by atoms with van der Waals surface area (Å²) in [6.07, 6.45) is 2.65. The third kappa shape index (κ3) is 2.85. The summed E-state index contributed by atoms with van der Waals surface area (Å²) >= 11 is 3.14. The molecule has 7 nitrogen and oxygen atoms in total. The highest BCUT2D eigenvalue weighted by Crippen LogP contribution is 2.30. The number of carboxylic acid groups (broad SMARTS) is 1. The predicted octanol–water partition coefficient (Wildman–Crippen LogP) is 0.612. The molecule has 0 saturated carbocycles. The summed E-state index contributed by atoms with van der Waals surface area (Å²) in [6, 6.07) is 0.562. The van der Waals surface area contributed by atoms with Crippen molar-refractivity contribution in [3.05, 3.63) is 22.9 Å². The molecule has 2 unspecified atom stereocenters. The molecule has 0 aliphatic carbocycles. The van der Waals surface area contributed by atoms with Crippen molar-refractivity contribution in [2.24, 2.45) is 5.41 Å². The van der Waals surface area contributed by atoms with E-state index >= 15 is 0 Å². The largest absolute Gasteiger partial charge is 0.481 e. The summed E-state index contributed by atoms with van der Waals surface area (Å²) in [5.74, 6) is -1.10. The first-order valence-corrected chi connectivity index (χ1v) is 7.97. The van der Waals surface area contributed by atoms with Crippen LogP contribution in [0.4, 0.5) is 0 Å². The second-order valence-corrected chi connectivity index (χ2v) is 7.38. The maximum absolute atomic E-state index is 12.2. The predicted molar refractivity (Wildman–Crippen MR) is 72.6 cm³/mol. The third-order valence-corrected chi connectivity index (χ3v) is 5.10. The number of halogens is 1. The van der Waals surface area contributed by atoms with Crippen LogP contribution < -0.4 is 4.72 Å². The van der Waals surface area contributed by atoms with Gasteiger partial charge in [0.1, 0.15) is 10.3 Å². The maximum Gasteiger partial charge on any atom is 0.313 e. The number of carboxylic acids is 1. The minimum Gasteiger partial charge on any atom is -0.481 e. The monoisotopic (exact) mass is 364 g/mol. The zero-order valence-corrected chi connectivity index (χ0v) is 12.9. The van der Waals surface area contributed by atoms with Crippen LogP contribution in [-0.2, 0) is 19.6 Å². The summed E-state index contributed by atoms with van der Waals surface area (Å²) in [4.78, 5) is 15.0. The van der Waals surface area contributed by atoms with E-state index in [1.807, 2.05) is 0 Å². The Morgan fingerprint density at radius 3 is 2.90 bits per heavy atom. The number of hydrogen-bond acceptors (Lipinski definition) is 5. The molecule has 0 spiro atoms. The number of rotatable bonds is 4. The van der Waals surface area contributed by atoms with E-state index in [4.69, 9.17) is 4.74 Å². The Morgan fingerprint density at radius 1 is 1.60 bits per heavy atom. The lowest BCUT2D eigenvalue weighted by Gasteiger charge is -2.25. The van der Waals surface area contributed by atoms with Crippen LogP contribution in [-0.4, -0.2) is 43.7 Å². The minimum atomic E-state index is -3.86. The van der Waals surface area contributed by atoms with Gasteiger partial charge in [0.2, 0.25) is 10.0 Å². The molecule has 1 aromatic rings. The Balaban J connectivity index is 2.27. The Morgan fingerprint density at radius 2 is 2.30 bits per heavy atom. The van der Waals surface area contributed by atoms with Gasteiger partial charge < -0.3 is 9.84 Å². The zero-order chi connectivity index (χ0) is 15.0. The average Bonchev–Trinajstić information content (AvgIpc) is 2.72. The van der Waals surface area contributed by atoms with Crippen molar-refractivity contribution < 1.29 is 23.1 Å². The Hall–Kier alpha value is -1.03. The second-order valence-electron chi connectivity index (χ2n) is 4.75. The number of ether oxygens (including phenoxy) is 1. The van der Waals surface area contributed by atoms with E-state index in [9.17, 15) is 18.3 Å². The molecule has 2 rings (SSSR count). The Kier molecular flexibility index (Phi) is 4.14. The van der Waals surface area contributed by atoms with Gasteiger partial charge in [-0.3, -0.25) is 9.78 Å². The lowest BCUT2D eigenvalue weighted by Crippen LogP contribution is -2.49. The molecule has 2 atom stereocenters. The molecule has 2 N–H and O–H groups in total. The molecule has 1 fully saturated rings. The standard InChI is InChI=1S/C11H13BrN2O5S/c1-11(10(15)16)6-19-5-9(11)14-20(17,18)8-2-7(12)3-13-4-8/h2-4,9,14H,5-6H2,1H3,(H,15,16). The first-order valence-electron chi connectivity index (χ1n) is 5.70. The summed E-state index contributed by atoms with van der Waals surface area (Å²) in [5.41, 5.74) is -1.29. The molecule has 2 heterocycles. The molecular weight excluding hydrogens is 352 g/mol. The molecule has 9 heteroatoms. The van der Waals surface area contributed by atoms with Gasteiger partial charge in [-0.25, -0.2) is 13.1 Å². The fourth-order valence-corrected chi connectivity index (χ4v) is 3.68. The summed E-state index contributed by atoms with van der Waals surface area (Å²) in [7, 11) is -3.86. The molecule has 0 amide bonds. The number of aromatic nitrogens is 1. The maximum atomic E-state index is 12.2. The van der Waals surface area contributed by atoms with Crippen LogP contribution in [0.5, 0.6) is 0 Å². The second kappa shape index (κ2) is 5.40. The fraction of sp³-hybridized carbons (Fsp3) is 0.455. The SMILES string of the molecule is CC1(C(=O)O)COCC1NS(=O)(=O)c1cncc(Br)c1. The topological polar surface area (TPSA) is 106 Å². The molecule has 1 saturated heterocycles. The first-order chi connectivity index (χ1) is 9.25. The molecule has 1 aromatic heterocycles. The number of sulfonamides is 1. The molecular formula is C11H13BrN2O5S. The molecule has 110 valence electrons. The summed E-state index contributed by atoms with van der Waals surface area (Å²) in [6.45, 7) is 1.43. The van der Waals surface area contributed by atoms with Gasteiger partial charge in [0, 0.05) is 16.9 Å². The van der Waals surface area contributed by atoms with Crippen molar-refractivity contribution in [1.82, 2.24) is 9.71 Å². The Bertz CT molecular complexity index is 635. The van der Waals surface area contributed by atoms with Gasteiger partial charge in [-0.2, -0.15) is 0 Å². The van der Waals surface area contributed by atoms with Crippen molar-refractivity contribution in [2.75, 3.05) is 13.2 Å². The van der Waals surface area contributed by atoms with Gasteiger partial charge in [0.15, 0.2) is 0 Å². The Labute approximate surface area is 124 Å². The highest BCUT2D eigenvalue weighted by atomic mass is 79.9. The van der Waals surface area contributed by atoms with Crippen LogP contribution in [0.2, 0.25) is 0 Å². The number of nitrogens with zero attached hydrogens (tertiary/aromatic N) is 1. The smallest absolute Gasteiger partial charge is 0.313 e. The lowest BCUT2D eigenvalue weighted by atomic mass is 9.86. The van der Waals surface area contributed by atoms with Gasteiger partial charge in [0.25, 0.3) is 0 Å². The summed E-state index contributed by atoms with van der Waals surface area (Å²) in [5, 5.41) is 9.22. The molecule has 0 bridgehead atoms. The van der Waals surface area contributed by atoms with Crippen LogP contribution in [0, 0.1) is 5.41 Å². The molecule has 1 aliphatic heterocycles. The van der Waals surface area contributed by atoms with Crippen molar-refractivity contribution in [3.8, 4) is 0 Å². The zero-order valence-electron chi connectivity index (χ0n) is 10.5. The van der Waals surface area contributed by atoms with Crippen LogP contribution >= 0.6 is 15.9 Å². The van der Waals surface area contributed by atoms with E-state index in [0.717, 1.165) is 0 Å². The normalized spacial score (nSPS) is 26.6. The van der Waals surface area contributed by atoms with Gasteiger partial charge in [0.05, 0.1) is 19.3 Å². The number of nitrogens with one attached hydrogen (secondary N) is 1. The van der Waals surface area contributed by atoms with Gasteiger partial charge in [-0.1, -0.05) is 0 Å². The third-order valence-electron chi connectivity index (χ3n) is 3.23.